The van der Waals surface area contributed by atoms with Gasteiger partial charge >= 0.3 is 0 Å². The third kappa shape index (κ3) is 4.51. The average Bonchev–Trinajstić information content (AvgIpc) is 3.10. The van der Waals surface area contributed by atoms with Crippen molar-refractivity contribution in [2.24, 2.45) is 11.8 Å². The summed E-state index contributed by atoms with van der Waals surface area (Å²) in [7, 11) is 0. The maximum Gasteiger partial charge on any atom is 0.225 e. The normalized spacial score (nSPS) is 19.1. The second kappa shape index (κ2) is 8.47. The Bertz CT molecular complexity index is 728. The van der Waals surface area contributed by atoms with Crippen molar-refractivity contribution in [2.45, 2.75) is 58.9 Å². The zero-order chi connectivity index (χ0) is 18.5. The second-order valence-corrected chi connectivity index (χ2v) is 7.82. The number of hydrogen-bond acceptors (Lipinski definition) is 5. The fourth-order valence-electron chi connectivity index (χ4n) is 3.64. The van der Waals surface area contributed by atoms with Crippen molar-refractivity contribution >= 4 is 22.9 Å². The molecule has 0 unspecified atom stereocenters. The first-order chi connectivity index (χ1) is 12.5. The number of nitrogens with one attached hydrogen (secondary N) is 2. The second-order valence-electron chi connectivity index (χ2n) is 7.82. The van der Waals surface area contributed by atoms with Gasteiger partial charge in [-0.2, -0.15) is 0 Å². The van der Waals surface area contributed by atoms with E-state index in [4.69, 9.17) is 0 Å². The molecule has 1 aliphatic rings. The fraction of sp³-hybridized carbons (Fsp3) is 0.684. The number of hydrogen-bond donors (Lipinski definition) is 2. The molecule has 0 aromatic carbocycles. The Kier molecular flexibility index (Phi) is 6.06. The summed E-state index contributed by atoms with van der Waals surface area (Å²) < 4.78 is 0. The van der Waals surface area contributed by atoms with Gasteiger partial charge in [0.05, 0.1) is 12.2 Å². The van der Waals surface area contributed by atoms with Crippen LogP contribution in [-0.4, -0.2) is 45.0 Å². The molecule has 0 saturated carbocycles. The summed E-state index contributed by atoms with van der Waals surface area (Å²) >= 11 is 0. The van der Waals surface area contributed by atoms with Gasteiger partial charge in [-0.05, 0) is 32.1 Å². The summed E-state index contributed by atoms with van der Waals surface area (Å²) in [5, 5.41) is 3.21. The highest BCUT2D eigenvalue weighted by molar-refractivity contribution is 5.84. The molecule has 142 valence electrons. The van der Waals surface area contributed by atoms with Crippen LogP contribution in [0.15, 0.2) is 12.7 Å². The Morgan fingerprint density at radius 3 is 2.96 bits per heavy atom. The van der Waals surface area contributed by atoms with Gasteiger partial charge in [-0.25, -0.2) is 15.0 Å². The molecule has 2 aromatic rings. The molecule has 0 radical (unpaired) electrons. The Labute approximate surface area is 155 Å². The van der Waals surface area contributed by atoms with Gasteiger partial charge in [0.2, 0.25) is 5.91 Å². The quantitative estimate of drug-likeness (QED) is 0.795. The van der Waals surface area contributed by atoms with Gasteiger partial charge in [-0.15, -0.1) is 0 Å². The van der Waals surface area contributed by atoms with Crippen molar-refractivity contribution < 1.29 is 4.79 Å². The highest BCUT2D eigenvalue weighted by Crippen LogP contribution is 2.26. The molecular formula is C19H30N6O. The lowest BCUT2D eigenvalue weighted by molar-refractivity contribution is -0.125. The number of imidazole rings is 1. The van der Waals surface area contributed by atoms with E-state index in [0.717, 1.165) is 49.5 Å². The predicted molar refractivity (Wildman–Crippen MR) is 103 cm³/mol. The van der Waals surface area contributed by atoms with Crippen LogP contribution in [0.5, 0.6) is 0 Å². The van der Waals surface area contributed by atoms with E-state index in [1.165, 1.54) is 6.42 Å². The number of aromatic nitrogens is 4. The molecular weight excluding hydrogens is 328 g/mol. The van der Waals surface area contributed by atoms with Gasteiger partial charge < -0.3 is 15.2 Å². The number of H-pyrrole nitrogens is 1. The van der Waals surface area contributed by atoms with Crippen LogP contribution in [0, 0.1) is 11.8 Å². The maximum absolute atomic E-state index is 12.7. The largest absolute Gasteiger partial charge is 0.354 e. The lowest BCUT2D eigenvalue weighted by Gasteiger charge is -2.33. The molecule has 3 rings (SSSR count). The molecule has 2 aromatic heterocycles. The first-order valence-corrected chi connectivity index (χ1v) is 9.74. The zero-order valence-electron chi connectivity index (χ0n) is 16.0. The Balaban J connectivity index is 1.58. The van der Waals surface area contributed by atoms with Crippen molar-refractivity contribution in [3.8, 4) is 0 Å². The van der Waals surface area contributed by atoms with E-state index in [-0.39, 0.29) is 17.9 Å². The first kappa shape index (κ1) is 18.6. The lowest BCUT2D eigenvalue weighted by atomic mass is 9.96. The molecule has 7 heteroatoms. The number of piperidine rings is 1. The molecule has 0 spiro atoms. The number of rotatable bonds is 7. The lowest BCUT2D eigenvalue weighted by Crippen LogP contribution is -2.45. The molecule has 26 heavy (non-hydrogen) atoms. The van der Waals surface area contributed by atoms with Crippen LogP contribution in [0.4, 0.5) is 5.82 Å². The van der Waals surface area contributed by atoms with Crippen LogP contribution in [0.1, 0.15) is 52.9 Å². The van der Waals surface area contributed by atoms with Crippen LogP contribution in [0.3, 0.4) is 0 Å². The van der Waals surface area contributed by atoms with E-state index < -0.39 is 0 Å². The minimum absolute atomic E-state index is 0.00392. The van der Waals surface area contributed by atoms with E-state index in [0.29, 0.717) is 12.2 Å². The zero-order valence-corrected chi connectivity index (χ0v) is 16.0. The number of carbonyl (C=O) groups excluding carboxylic acids is 1. The minimum atomic E-state index is 0.00392. The predicted octanol–water partition coefficient (Wildman–Crippen LogP) is 2.90. The molecule has 3 heterocycles. The summed E-state index contributed by atoms with van der Waals surface area (Å²) in [5.74, 6) is 1.73. The van der Waals surface area contributed by atoms with Gasteiger partial charge in [0.1, 0.15) is 11.8 Å². The van der Waals surface area contributed by atoms with E-state index in [9.17, 15) is 4.79 Å². The molecule has 1 amide bonds. The number of fused-ring (bicyclic) bond motifs is 1. The van der Waals surface area contributed by atoms with Crippen molar-refractivity contribution in [3.63, 3.8) is 0 Å². The van der Waals surface area contributed by atoms with Crippen molar-refractivity contribution in [2.75, 3.05) is 18.0 Å². The smallest absolute Gasteiger partial charge is 0.225 e. The number of aromatic amines is 1. The van der Waals surface area contributed by atoms with Gasteiger partial charge in [0.25, 0.3) is 0 Å². The maximum atomic E-state index is 12.7. The van der Waals surface area contributed by atoms with Gasteiger partial charge in [0, 0.05) is 19.1 Å². The fourth-order valence-corrected chi connectivity index (χ4v) is 3.64. The highest BCUT2D eigenvalue weighted by Gasteiger charge is 2.28. The van der Waals surface area contributed by atoms with Gasteiger partial charge in [-0.1, -0.05) is 26.7 Å². The van der Waals surface area contributed by atoms with Crippen LogP contribution in [0.2, 0.25) is 0 Å². The number of anilines is 1. The van der Waals surface area contributed by atoms with Gasteiger partial charge in [-0.3, -0.25) is 4.79 Å². The summed E-state index contributed by atoms with van der Waals surface area (Å²) in [6.07, 6.45) is 8.51. The molecule has 2 N–H and O–H groups in total. The average molecular weight is 358 g/mol. The van der Waals surface area contributed by atoms with E-state index in [1.54, 1.807) is 12.7 Å². The van der Waals surface area contributed by atoms with Crippen LogP contribution in [-0.2, 0) is 4.79 Å². The SMILES string of the molecule is CC(C)CCC[C@H](C)NC(=O)[C@H]1CCCN(c2ncnc3nc[nH]c23)C1. The molecule has 1 fully saturated rings. The summed E-state index contributed by atoms with van der Waals surface area (Å²) in [4.78, 5) is 30.8. The Morgan fingerprint density at radius 1 is 1.31 bits per heavy atom. The van der Waals surface area contributed by atoms with E-state index >= 15 is 0 Å². The van der Waals surface area contributed by atoms with Crippen molar-refractivity contribution in [1.82, 2.24) is 25.3 Å². The topological polar surface area (TPSA) is 86.8 Å². The third-order valence-corrected chi connectivity index (χ3v) is 5.10. The number of nitrogens with zero attached hydrogens (tertiary/aromatic N) is 4. The first-order valence-electron chi connectivity index (χ1n) is 9.74. The number of amides is 1. The Hall–Kier alpha value is -2.18. The van der Waals surface area contributed by atoms with Crippen molar-refractivity contribution in [3.05, 3.63) is 12.7 Å². The van der Waals surface area contributed by atoms with Crippen LogP contribution in [0.25, 0.3) is 11.2 Å². The highest BCUT2D eigenvalue weighted by atomic mass is 16.2. The molecule has 0 bridgehead atoms. The van der Waals surface area contributed by atoms with Crippen molar-refractivity contribution in [1.29, 1.82) is 0 Å². The number of carbonyl (C=O) groups is 1. The van der Waals surface area contributed by atoms with Crippen LogP contribution < -0.4 is 10.2 Å². The van der Waals surface area contributed by atoms with E-state index in [1.807, 2.05) is 0 Å². The Morgan fingerprint density at radius 2 is 2.15 bits per heavy atom. The summed E-state index contributed by atoms with van der Waals surface area (Å²) in [6.45, 7) is 8.18. The summed E-state index contributed by atoms with van der Waals surface area (Å²) in [6, 6.07) is 0.231. The molecule has 0 aliphatic carbocycles. The molecule has 1 aliphatic heterocycles. The monoisotopic (exact) mass is 358 g/mol. The summed E-state index contributed by atoms with van der Waals surface area (Å²) in [5.41, 5.74) is 1.51. The standard InChI is InChI=1S/C19H30N6O/c1-13(2)6-4-7-14(3)24-19(26)15-8-5-9-25(10-15)18-16-17(21-11-20-16)22-12-23-18/h11-15H,4-10H2,1-3H3,(H,24,26)(H,20,21,22,23)/t14-,15-/m0/s1. The minimum Gasteiger partial charge on any atom is -0.354 e. The van der Waals surface area contributed by atoms with E-state index in [2.05, 4.69) is 50.9 Å². The van der Waals surface area contributed by atoms with Gasteiger partial charge in [0.15, 0.2) is 11.5 Å². The molecule has 7 nitrogen and oxygen atoms in total. The molecule has 2 atom stereocenters. The molecule has 1 saturated heterocycles. The van der Waals surface area contributed by atoms with Crippen LogP contribution >= 0.6 is 0 Å². The third-order valence-electron chi connectivity index (χ3n) is 5.10.